The molecule has 1 aliphatic rings. The smallest absolute Gasteiger partial charge is 0.266 e. The SMILES string of the molecule is O=C(c1cccc2[nH]ccc12)N1CCN(CCn2nc(-n3cccn3)ccc2=O)CC1. The van der Waals surface area contributed by atoms with E-state index in [0.717, 1.165) is 29.6 Å². The first-order valence-corrected chi connectivity index (χ1v) is 10.3. The van der Waals surface area contributed by atoms with Gasteiger partial charge in [0.15, 0.2) is 5.82 Å². The van der Waals surface area contributed by atoms with Gasteiger partial charge in [-0.2, -0.15) is 5.10 Å². The first-order valence-electron chi connectivity index (χ1n) is 10.3. The van der Waals surface area contributed by atoms with E-state index in [2.05, 4.69) is 20.1 Å². The number of hydrogen-bond donors (Lipinski definition) is 1. The second-order valence-electron chi connectivity index (χ2n) is 7.58. The van der Waals surface area contributed by atoms with Crippen LogP contribution in [0.25, 0.3) is 16.7 Å². The lowest BCUT2D eigenvalue weighted by Gasteiger charge is -2.34. The summed E-state index contributed by atoms with van der Waals surface area (Å²) in [4.78, 5) is 32.5. The minimum atomic E-state index is -0.135. The molecule has 4 aromatic rings. The standard InChI is InChI=1S/C22H23N7O2/c30-21-6-5-20(28-10-2-8-24-28)25-29(21)16-13-26-11-14-27(15-12-26)22(31)18-3-1-4-19-17(18)7-9-23-19/h1-10,23H,11-16H2. The molecule has 0 spiro atoms. The van der Waals surface area contributed by atoms with Crippen LogP contribution in [0, 0.1) is 0 Å². The summed E-state index contributed by atoms with van der Waals surface area (Å²) in [6, 6.07) is 12.7. The fraction of sp³-hybridized carbons (Fsp3) is 0.273. The van der Waals surface area contributed by atoms with Gasteiger partial charge in [0.1, 0.15) is 0 Å². The average Bonchev–Trinajstić information content (AvgIpc) is 3.50. The second-order valence-corrected chi connectivity index (χ2v) is 7.58. The van der Waals surface area contributed by atoms with Gasteiger partial charge in [-0.25, -0.2) is 9.36 Å². The number of amides is 1. The summed E-state index contributed by atoms with van der Waals surface area (Å²) in [7, 11) is 0. The quantitative estimate of drug-likeness (QED) is 0.530. The molecule has 0 aliphatic carbocycles. The summed E-state index contributed by atoms with van der Waals surface area (Å²) in [6.45, 7) is 4.05. The topological polar surface area (TPSA) is 92.1 Å². The number of carbonyl (C=O) groups is 1. The van der Waals surface area contributed by atoms with Gasteiger partial charge in [-0.1, -0.05) is 6.07 Å². The summed E-state index contributed by atoms with van der Waals surface area (Å²) in [6.07, 6.45) is 5.33. The zero-order chi connectivity index (χ0) is 21.2. The molecule has 0 radical (unpaired) electrons. The molecule has 1 N–H and O–H groups in total. The lowest BCUT2D eigenvalue weighted by Crippen LogP contribution is -2.49. The second kappa shape index (κ2) is 8.19. The molecular formula is C22H23N7O2. The predicted octanol–water partition coefficient (Wildman–Crippen LogP) is 1.37. The van der Waals surface area contributed by atoms with Gasteiger partial charge in [0.05, 0.1) is 6.54 Å². The van der Waals surface area contributed by atoms with E-state index in [1.165, 1.54) is 10.7 Å². The highest BCUT2D eigenvalue weighted by molar-refractivity contribution is 6.06. The summed E-state index contributed by atoms with van der Waals surface area (Å²) >= 11 is 0. The first-order chi connectivity index (χ1) is 15.2. The molecule has 1 amide bonds. The van der Waals surface area contributed by atoms with Crippen molar-refractivity contribution in [1.82, 2.24) is 34.3 Å². The Morgan fingerprint density at radius 3 is 2.68 bits per heavy atom. The number of nitrogens with one attached hydrogen (secondary N) is 1. The Kier molecular flexibility index (Phi) is 5.09. The van der Waals surface area contributed by atoms with Gasteiger partial charge in [-0.15, -0.1) is 5.10 Å². The zero-order valence-corrected chi connectivity index (χ0v) is 17.0. The number of rotatable bonds is 5. The van der Waals surface area contributed by atoms with E-state index in [0.29, 0.717) is 32.0 Å². The van der Waals surface area contributed by atoms with Crippen molar-refractivity contribution in [3.8, 4) is 5.82 Å². The maximum atomic E-state index is 13.0. The highest BCUT2D eigenvalue weighted by Gasteiger charge is 2.23. The lowest BCUT2D eigenvalue weighted by atomic mass is 10.1. The molecule has 31 heavy (non-hydrogen) atoms. The van der Waals surface area contributed by atoms with Gasteiger partial charge in [-0.3, -0.25) is 14.5 Å². The maximum Gasteiger partial charge on any atom is 0.266 e. The molecule has 1 aliphatic heterocycles. The Bertz CT molecular complexity index is 1250. The minimum absolute atomic E-state index is 0.0645. The molecule has 4 heterocycles. The van der Waals surface area contributed by atoms with E-state index >= 15 is 0 Å². The van der Waals surface area contributed by atoms with Crippen LogP contribution < -0.4 is 5.56 Å². The molecule has 5 rings (SSSR count). The normalized spacial score (nSPS) is 14.9. The molecule has 0 atom stereocenters. The van der Waals surface area contributed by atoms with Crippen molar-refractivity contribution in [3.05, 3.63) is 77.0 Å². The lowest BCUT2D eigenvalue weighted by molar-refractivity contribution is 0.0633. The number of fused-ring (bicyclic) bond motifs is 1. The van der Waals surface area contributed by atoms with Crippen molar-refractivity contribution in [2.75, 3.05) is 32.7 Å². The third-order valence-corrected chi connectivity index (χ3v) is 5.70. The Balaban J connectivity index is 1.20. The molecule has 3 aromatic heterocycles. The average molecular weight is 417 g/mol. The van der Waals surface area contributed by atoms with Gasteiger partial charge < -0.3 is 9.88 Å². The van der Waals surface area contributed by atoms with Crippen LogP contribution in [0.5, 0.6) is 0 Å². The van der Waals surface area contributed by atoms with E-state index < -0.39 is 0 Å². The summed E-state index contributed by atoms with van der Waals surface area (Å²) in [5.74, 6) is 0.675. The molecule has 158 valence electrons. The van der Waals surface area contributed by atoms with Crippen molar-refractivity contribution in [3.63, 3.8) is 0 Å². The molecule has 1 saturated heterocycles. The Morgan fingerprint density at radius 2 is 1.87 bits per heavy atom. The number of benzene rings is 1. The van der Waals surface area contributed by atoms with Gasteiger partial charge in [-0.05, 0) is 30.3 Å². The minimum Gasteiger partial charge on any atom is -0.361 e. The molecule has 0 saturated carbocycles. The van der Waals surface area contributed by atoms with E-state index in [1.54, 1.807) is 23.1 Å². The molecule has 1 fully saturated rings. The zero-order valence-electron chi connectivity index (χ0n) is 17.0. The van der Waals surface area contributed by atoms with Gasteiger partial charge in [0.25, 0.3) is 11.5 Å². The van der Waals surface area contributed by atoms with Gasteiger partial charge >= 0.3 is 0 Å². The van der Waals surface area contributed by atoms with Crippen molar-refractivity contribution < 1.29 is 4.79 Å². The number of aromatic nitrogens is 5. The highest BCUT2D eigenvalue weighted by Crippen LogP contribution is 2.19. The summed E-state index contributed by atoms with van der Waals surface area (Å²) in [5.41, 5.74) is 1.57. The summed E-state index contributed by atoms with van der Waals surface area (Å²) in [5, 5.41) is 9.53. The van der Waals surface area contributed by atoms with Crippen molar-refractivity contribution in [2.45, 2.75) is 6.54 Å². The van der Waals surface area contributed by atoms with E-state index in [1.807, 2.05) is 41.4 Å². The number of hydrogen-bond acceptors (Lipinski definition) is 5. The van der Waals surface area contributed by atoms with Gasteiger partial charge in [0, 0.05) is 73.8 Å². The van der Waals surface area contributed by atoms with Crippen LogP contribution in [0.2, 0.25) is 0 Å². The monoisotopic (exact) mass is 417 g/mol. The third kappa shape index (κ3) is 3.87. The van der Waals surface area contributed by atoms with Gasteiger partial charge in [0.2, 0.25) is 0 Å². The van der Waals surface area contributed by atoms with Crippen LogP contribution in [0.3, 0.4) is 0 Å². The van der Waals surface area contributed by atoms with Crippen molar-refractivity contribution >= 4 is 16.8 Å². The van der Waals surface area contributed by atoms with Crippen LogP contribution in [0.1, 0.15) is 10.4 Å². The molecule has 9 nitrogen and oxygen atoms in total. The van der Waals surface area contributed by atoms with Crippen LogP contribution in [-0.4, -0.2) is 73.0 Å². The summed E-state index contributed by atoms with van der Waals surface area (Å²) < 4.78 is 3.10. The van der Waals surface area contributed by atoms with Crippen molar-refractivity contribution in [2.24, 2.45) is 0 Å². The van der Waals surface area contributed by atoms with E-state index in [4.69, 9.17) is 0 Å². The predicted molar refractivity (Wildman–Crippen MR) is 116 cm³/mol. The fourth-order valence-electron chi connectivity index (χ4n) is 3.98. The maximum absolute atomic E-state index is 13.0. The molecule has 0 bridgehead atoms. The molecule has 9 heteroatoms. The highest BCUT2D eigenvalue weighted by atomic mass is 16.2. The van der Waals surface area contributed by atoms with Crippen molar-refractivity contribution in [1.29, 1.82) is 0 Å². The third-order valence-electron chi connectivity index (χ3n) is 5.70. The Hall–Kier alpha value is -3.72. The van der Waals surface area contributed by atoms with E-state index in [9.17, 15) is 9.59 Å². The number of piperazine rings is 1. The number of H-pyrrole nitrogens is 1. The molecule has 0 unspecified atom stereocenters. The van der Waals surface area contributed by atoms with Crippen LogP contribution in [0.15, 0.2) is 65.8 Å². The fourth-order valence-corrected chi connectivity index (χ4v) is 3.98. The number of carbonyl (C=O) groups excluding carboxylic acids is 1. The Morgan fingerprint density at radius 1 is 1.00 bits per heavy atom. The number of nitrogens with zero attached hydrogens (tertiary/aromatic N) is 6. The van der Waals surface area contributed by atoms with E-state index in [-0.39, 0.29) is 11.5 Å². The molecular weight excluding hydrogens is 394 g/mol. The molecule has 1 aromatic carbocycles. The first kappa shape index (κ1) is 19.3. The largest absolute Gasteiger partial charge is 0.361 e. The number of aromatic amines is 1. The Labute approximate surface area is 178 Å². The van der Waals surface area contributed by atoms with Crippen LogP contribution >= 0.6 is 0 Å². The van der Waals surface area contributed by atoms with Crippen LogP contribution in [0.4, 0.5) is 0 Å². The van der Waals surface area contributed by atoms with Crippen LogP contribution in [-0.2, 0) is 6.54 Å².